The number of aliphatic carboxylic acids is 1. The van der Waals surface area contributed by atoms with E-state index in [-0.39, 0.29) is 6.04 Å². The summed E-state index contributed by atoms with van der Waals surface area (Å²) in [4.78, 5) is 14.4. The summed E-state index contributed by atoms with van der Waals surface area (Å²) in [5.41, 5.74) is 2.80. The van der Waals surface area contributed by atoms with E-state index in [4.69, 9.17) is 18.9 Å². The van der Waals surface area contributed by atoms with Crippen LogP contribution in [0.1, 0.15) is 48.9 Å². The molecule has 2 unspecified atom stereocenters. The van der Waals surface area contributed by atoms with Crippen LogP contribution in [0.25, 0.3) is 0 Å². The number of hydrogen-bond donors (Lipinski definition) is 1. The summed E-state index contributed by atoms with van der Waals surface area (Å²) in [7, 11) is 3.21. The van der Waals surface area contributed by atoms with Gasteiger partial charge in [-0.3, -0.25) is 9.69 Å². The smallest absolute Gasteiger partial charge is 0.320 e. The molecular formula is C30H35NO6. The van der Waals surface area contributed by atoms with E-state index in [0.29, 0.717) is 49.2 Å². The summed E-state index contributed by atoms with van der Waals surface area (Å²) in [5.74, 6) is 1.62. The molecule has 3 aromatic carbocycles. The SMILES string of the molecule is CCOc1cc(C(c2cccc(OC)c2OC)N2CCCCC2C(=O)O)ccc1OCc1ccccc1. The first-order valence-corrected chi connectivity index (χ1v) is 12.7. The maximum absolute atomic E-state index is 12.3. The molecule has 1 fully saturated rings. The number of carbonyl (C=O) groups is 1. The largest absolute Gasteiger partial charge is 0.493 e. The highest BCUT2D eigenvalue weighted by Gasteiger charge is 2.37. The van der Waals surface area contributed by atoms with E-state index < -0.39 is 12.0 Å². The zero-order chi connectivity index (χ0) is 26.2. The average Bonchev–Trinajstić information content (AvgIpc) is 2.93. The Morgan fingerprint density at radius 3 is 2.46 bits per heavy atom. The highest BCUT2D eigenvalue weighted by atomic mass is 16.5. The molecule has 1 saturated heterocycles. The Morgan fingerprint density at radius 2 is 1.76 bits per heavy atom. The van der Waals surface area contributed by atoms with Gasteiger partial charge in [0.05, 0.1) is 26.9 Å². The molecule has 0 aliphatic carbocycles. The highest BCUT2D eigenvalue weighted by molar-refractivity contribution is 5.74. The van der Waals surface area contributed by atoms with Gasteiger partial charge in [-0.25, -0.2) is 0 Å². The first kappa shape index (κ1) is 26.4. The molecule has 2 atom stereocenters. The van der Waals surface area contributed by atoms with E-state index in [0.717, 1.165) is 29.5 Å². The molecule has 0 aromatic heterocycles. The van der Waals surface area contributed by atoms with Gasteiger partial charge in [0.2, 0.25) is 0 Å². The normalized spacial score (nSPS) is 16.6. The van der Waals surface area contributed by atoms with Crippen LogP contribution >= 0.6 is 0 Å². The van der Waals surface area contributed by atoms with Crippen molar-refractivity contribution in [1.29, 1.82) is 0 Å². The molecule has 37 heavy (non-hydrogen) atoms. The fraction of sp³-hybridized carbons (Fsp3) is 0.367. The standard InChI is InChI=1S/C30H35NO6/c1-4-36-27-19-22(16-17-25(27)37-20-21-11-6-5-7-12-21)28(31-18-9-8-14-24(31)30(32)33)23-13-10-15-26(34-2)29(23)35-3/h5-7,10-13,15-17,19,24,28H,4,8-9,14,18,20H2,1-3H3,(H,32,33). The van der Waals surface area contributed by atoms with Gasteiger partial charge < -0.3 is 24.1 Å². The number of piperidine rings is 1. The summed E-state index contributed by atoms with van der Waals surface area (Å²) < 4.78 is 23.5. The number of likely N-dealkylation sites (tertiary alicyclic amines) is 1. The summed E-state index contributed by atoms with van der Waals surface area (Å²) in [6, 6.07) is 20.5. The second kappa shape index (κ2) is 12.5. The van der Waals surface area contributed by atoms with Gasteiger partial charge in [0.25, 0.3) is 0 Å². The van der Waals surface area contributed by atoms with E-state index in [2.05, 4.69) is 4.90 Å². The Kier molecular flexibility index (Phi) is 8.90. The number of para-hydroxylation sites is 1. The Labute approximate surface area is 218 Å². The molecule has 7 heteroatoms. The average molecular weight is 506 g/mol. The Hall–Kier alpha value is -3.71. The summed E-state index contributed by atoms with van der Waals surface area (Å²) in [5, 5.41) is 10.1. The fourth-order valence-corrected chi connectivity index (χ4v) is 5.02. The van der Waals surface area contributed by atoms with Gasteiger partial charge >= 0.3 is 5.97 Å². The lowest BCUT2D eigenvalue weighted by atomic mass is 9.90. The number of methoxy groups -OCH3 is 2. The van der Waals surface area contributed by atoms with Crippen LogP contribution in [0, 0.1) is 0 Å². The maximum Gasteiger partial charge on any atom is 0.320 e. The second-order valence-electron chi connectivity index (χ2n) is 8.99. The van der Waals surface area contributed by atoms with Crippen LogP contribution in [0.2, 0.25) is 0 Å². The minimum atomic E-state index is -0.820. The molecule has 1 aliphatic heterocycles. The van der Waals surface area contributed by atoms with Crippen molar-refractivity contribution < 1.29 is 28.8 Å². The molecule has 0 saturated carbocycles. The van der Waals surface area contributed by atoms with Gasteiger partial charge in [0.15, 0.2) is 23.0 Å². The lowest BCUT2D eigenvalue weighted by Gasteiger charge is -2.40. The van der Waals surface area contributed by atoms with Gasteiger partial charge in [-0.05, 0) is 55.6 Å². The topological polar surface area (TPSA) is 77.5 Å². The molecule has 0 bridgehead atoms. The van der Waals surface area contributed by atoms with Crippen molar-refractivity contribution in [2.45, 2.75) is 44.9 Å². The molecule has 0 radical (unpaired) electrons. The molecule has 0 amide bonds. The Morgan fingerprint density at radius 1 is 0.946 bits per heavy atom. The monoisotopic (exact) mass is 505 g/mol. The third-order valence-electron chi connectivity index (χ3n) is 6.71. The minimum absolute atomic E-state index is 0.381. The summed E-state index contributed by atoms with van der Waals surface area (Å²) >= 11 is 0. The number of carboxylic acids is 1. The zero-order valence-electron chi connectivity index (χ0n) is 21.7. The first-order chi connectivity index (χ1) is 18.1. The predicted molar refractivity (Wildman–Crippen MR) is 142 cm³/mol. The molecule has 0 spiro atoms. The van der Waals surface area contributed by atoms with Crippen LogP contribution in [0.5, 0.6) is 23.0 Å². The van der Waals surface area contributed by atoms with Crippen LogP contribution in [0.4, 0.5) is 0 Å². The lowest BCUT2D eigenvalue weighted by Crippen LogP contribution is -2.46. The van der Waals surface area contributed by atoms with Crippen molar-refractivity contribution in [1.82, 2.24) is 4.90 Å². The number of nitrogens with zero attached hydrogens (tertiary/aromatic N) is 1. The molecule has 3 aromatic rings. The number of hydrogen-bond acceptors (Lipinski definition) is 6. The molecular weight excluding hydrogens is 470 g/mol. The number of benzene rings is 3. The number of carboxylic acid groups (broad SMARTS) is 1. The zero-order valence-corrected chi connectivity index (χ0v) is 21.7. The molecule has 1 aliphatic rings. The van der Waals surface area contributed by atoms with Crippen molar-refractivity contribution in [2.24, 2.45) is 0 Å². The minimum Gasteiger partial charge on any atom is -0.493 e. The third-order valence-corrected chi connectivity index (χ3v) is 6.71. The van der Waals surface area contributed by atoms with Crippen LogP contribution in [-0.2, 0) is 11.4 Å². The van der Waals surface area contributed by atoms with Crippen LogP contribution in [0.3, 0.4) is 0 Å². The maximum atomic E-state index is 12.3. The van der Waals surface area contributed by atoms with Crippen LogP contribution < -0.4 is 18.9 Å². The van der Waals surface area contributed by atoms with Gasteiger partial charge in [-0.2, -0.15) is 0 Å². The molecule has 4 rings (SSSR count). The van der Waals surface area contributed by atoms with E-state index >= 15 is 0 Å². The summed E-state index contributed by atoms with van der Waals surface area (Å²) in [6.45, 7) is 3.47. The fourth-order valence-electron chi connectivity index (χ4n) is 5.02. The van der Waals surface area contributed by atoms with Crippen molar-refractivity contribution >= 4 is 5.97 Å². The molecule has 196 valence electrons. The first-order valence-electron chi connectivity index (χ1n) is 12.7. The van der Waals surface area contributed by atoms with Gasteiger partial charge in [0.1, 0.15) is 12.6 Å². The van der Waals surface area contributed by atoms with Gasteiger partial charge in [0, 0.05) is 5.56 Å². The Balaban J connectivity index is 1.79. The molecule has 1 N–H and O–H groups in total. The van der Waals surface area contributed by atoms with E-state index in [1.165, 1.54) is 0 Å². The van der Waals surface area contributed by atoms with Crippen molar-refractivity contribution in [2.75, 3.05) is 27.4 Å². The third kappa shape index (κ3) is 6.00. The summed E-state index contributed by atoms with van der Waals surface area (Å²) in [6.07, 6.45) is 2.39. The molecule has 1 heterocycles. The Bertz CT molecular complexity index is 1180. The van der Waals surface area contributed by atoms with E-state index in [9.17, 15) is 9.90 Å². The molecule has 7 nitrogen and oxygen atoms in total. The van der Waals surface area contributed by atoms with Gasteiger partial charge in [-0.15, -0.1) is 0 Å². The van der Waals surface area contributed by atoms with Crippen LogP contribution in [-0.4, -0.2) is 49.4 Å². The lowest BCUT2D eigenvalue weighted by molar-refractivity contribution is -0.145. The number of rotatable bonds is 11. The van der Waals surface area contributed by atoms with E-state index in [1.807, 2.05) is 73.7 Å². The van der Waals surface area contributed by atoms with Crippen molar-refractivity contribution in [3.8, 4) is 23.0 Å². The second-order valence-corrected chi connectivity index (χ2v) is 8.99. The predicted octanol–water partition coefficient (Wildman–Crippen LogP) is 5.71. The van der Waals surface area contributed by atoms with Gasteiger partial charge in [-0.1, -0.05) is 55.0 Å². The van der Waals surface area contributed by atoms with Crippen molar-refractivity contribution in [3.63, 3.8) is 0 Å². The number of ether oxygens (including phenoxy) is 4. The van der Waals surface area contributed by atoms with Crippen LogP contribution in [0.15, 0.2) is 66.7 Å². The quantitative estimate of drug-likeness (QED) is 0.358. The highest BCUT2D eigenvalue weighted by Crippen LogP contribution is 2.44. The van der Waals surface area contributed by atoms with E-state index in [1.54, 1.807) is 14.2 Å². The van der Waals surface area contributed by atoms with Crippen molar-refractivity contribution in [3.05, 3.63) is 83.4 Å².